The van der Waals surface area contributed by atoms with Crippen molar-refractivity contribution in [1.29, 1.82) is 0 Å². The van der Waals surface area contributed by atoms with Crippen LogP contribution in [0.2, 0.25) is 0 Å². The van der Waals surface area contributed by atoms with Crippen molar-refractivity contribution in [3.05, 3.63) is 76.9 Å². The molecule has 0 spiro atoms. The van der Waals surface area contributed by atoms with Gasteiger partial charge in [-0.25, -0.2) is 9.69 Å². The SMILES string of the molecule is CC1=CC(=O)N(c2cccc(C(=O)O)c2)C(=O)/C1=C\c1ccc(N(C)C)cc1. The van der Waals surface area contributed by atoms with Gasteiger partial charge in [0.15, 0.2) is 0 Å². The average molecular weight is 376 g/mol. The van der Waals surface area contributed by atoms with Gasteiger partial charge in [0.05, 0.1) is 11.3 Å². The summed E-state index contributed by atoms with van der Waals surface area (Å²) in [6.45, 7) is 1.71. The minimum atomic E-state index is -1.12. The van der Waals surface area contributed by atoms with Crippen LogP contribution in [0.1, 0.15) is 22.8 Å². The molecule has 142 valence electrons. The van der Waals surface area contributed by atoms with Gasteiger partial charge in [-0.05, 0) is 54.5 Å². The smallest absolute Gasteiger partial charge is 0.335 e. The van der Waals surface area contributed by atoms with Crippen LogP contribution in [0.15, 0.2) is 65.8 Å². The standard InChI is InChI=1S/C22H20N2O4/c1-14-11-20(25)24(18-6-4-5-16(13-18)22(27)28)21(26)19(14)12-15-7-9-17(10-8-15)23(2)3/h4-13H,1-3H3,(H,27,28)/b19-12-. The molecule has 0 atom stereocenters. The Labute approximate surface area is 163 Å². The van der Waals surface area contributed by atoms with E-state index in [9.17, 15) is 19.5 Å². The molecule has 1 heterocycles. The summed E-state index contributed by atoms with van der Waals surface area (Å²) in [6, 6.07) is 13.5. The molecule has 1 aliphatic rings. The van der Waals surface area contributed by atoms with Crippen molar-refractivity contribution < 1.29 is 19.5 Å². The third-order valence-corrected chi connectivity index (χ3v) is 4.49. The lowest BCUT2D eigenvalue weighted by Gasteiger charge is -2.26. The summed E-state index contributed by atoms with van der Waals surface area (Å²) in [4.78, 5) is 39.7. The van der Waals surface area contributed by atoms with E-state index < -0.39 is 17.8 Å². The number of amides is 2. The van der Waals surface area contributed by atoms with Crippen LogP contribution in [-0.4, -0.2) is 37.0 Å². The molecule has 1 N–H and O–H groups in total. The Bertz CT molecular complexity index is 1020. The van der Waals surface area contributed by atoms with Crippen molar-refractivity contribution in [2.45, 2.75) is 6.92 Å². The Morgan fingerprint density at radius 2 is 1.75 bits per heavy atom. The van der Waals surface area contributed by atoms with E-state index in [2.05, 4.69) is 0 Å². The molecular weight excluding hydrogens is 356 g/mol. The van der Waals surface area contributed by atoms with E-state index in [-0.39, 0.29) is 11.3 Å². The van der Waals surface area contributed by atoms with Gasteiger partial charge >= 0.3 is 5.97 Å². The van der Waals surface area contributed by atoms with Crippen LogP contribution < -0.4 is 9.80 Å². The van der Waals surface area contributed by atoms with Crippen LogP contribution in [-0.2, 0) is 9.59 Å². The van der Waals surface area contributed by atoms with E-state index in [0.29, 0.717) is 11.1 Å². The topological polar surface area (TPSA) is 77.9 Å². The van der Waals surface area contributed by atoms with Crippen LogP contribution in [0.5, 0.6) is 0 Å². The fourth-order valence-electron chi connectivity index (χ4n) is 2.95. The molecule has 2 amide bonds. The molecule has 6 heteroatoms. The Hall–Kier alpha value is -3.67. The molecule has 6 nitrogen and oxygen atoms in total. The van der Waals surface area contributed by atoms with Gasteiger partial charge in [-0.15, -0.1) is 0 Å². The Kier molecular flexibility index (Phi) is 5.13. The lowest BCUT2D eigenvalue weighted by molar-refractivity contribution is -0.122. The number of aromatic carboxylic acids is 1. The highest BCUT2D eigenvalue weighted by molar-refractivity contribution is 6.29. The van der Waals surface area contributed by atoms with Crippen molar-refractivity contribution in [3.63, 3.8) is 0 Å². The second kappa shape index (κ2) is 7.52. The first-order valence-electron chi connectivity index (χ1n) is 8.67. The normalized spacial score (nSPS) is 15.6. The highest BCUT2D eigenvalue weighted by Gasteiger charge is 2.31. The number of carboxylic acid groups (broad SMARTS) is 1. The number of benzene rings is 2. The van der Waals surface area contributed by atoms with Gasteiger partial charge in [0, 0.05) is 31.4 Å². The molecule has 1 aliphatic heterocycles. The first kappa shape index (κ1) is 19.1. The first-order valence-corrected chi connectivity index (χ1v) is 8.67. The molecule has 0 fully saturated rings. The van der Waals surface area contributed by atoms with Crippen molar-refractivity contribution in [2.24, 2.45) is 0 Å². The van der Waals surface area contributed by atoms with Gasteiger partial charge in [-0.2, -0.15) is 0 Å². The number of carboxylic acids is 1. The lowest BCUT2D eigenvalue weighted by Crippen LogP contribution is -2.40. The van der Waals surface area contributed by atoms with E-state index in [0.717, 1.165) is 16.2 Å². The number of hydrogen-bond acceptors (Lipinski definition) is 4. The van der Waals surface area contributed by atoms with Gasteiger partial charge in [0.2, 0.25) is 0 Å². The van der Waals surface area contributed by atoms with Gasteiger partial charge in [0.1, 0.15) is 0 Å². The fraction of sp³-hybridized carbons (Fsp3) is 0.136. The van der Waals surface area contributed by atoms with Crippen LogP contribution in [0.4, 0.5) is 11.4 Å². The molecule has 0 aromatic heterocycles. The molecule has 0 bridgehead atoms. The molecule has 2 aromatic rings. The third-order valence-electron chi connectivity index (χ3n) is 4.49. The molecule has 0 aliphatic carbocycles. The molecule has 2 aromatic carbocycles. The van der Waals surface area contributed by atoms with E-state index in [1.54, 1.807) is 19.1 Å². The summed E-state index contributed by atoms with van der Waals surface area (Å²) in [5, 5.41) is 9.17. The zero-order valence-corrected chi connectivity index (χ0v) is 15.8. The molecule has 3 rings (SSSR count). The van der Waals surface area contributed by atoms with Crippen molar-refractivity contribution in [1.82, 2.24) is 0 Å². The summed E-state index contributed by atoms with van der Waals surface area (Å²) in [6.07, 6.45) is 3.11. The van der Waals surface area contributed by atoms with Gasteiger partial charge < -0.3 is 10.0 Å². The van der Waals surface area contributed by atoms with Crippen molar-refractivity contribution in [2.75, 3.05) is 23.9 Å². The number of carbonyl (C=O) groups excluding carboxylic acids is 2. The predicted octanol–water partition coefficient (Wildman–Crippen LogP) is 3.35. The third kappa shape index (κ3) is 3.71. The van der Waals surface area contributed by atoms with Gasteiger partial charge in [-0.3, -0.25) is 9.59 Å². The van der Waals surface area contributed by atoms with Crippen LogP contribution in [0, 0.1) is 0 Å². The second-order valence-electron chi connectivity index (χ2n) is 6.71. The number of hydrogen-bond donors (Lipinski definition) is 1. The van der Waals surface area contributed by atoms with Crippen molar-refractivity contribution in [3.8, 4) is 0 Å². The van der Waals surface area contributed by atoms with Crippen molar-refractivity contribution >= 4 is 35.2 Å². The Morgan fingerprint density at radius 1 is 1.07 bits per heavy atom. The maximum atomic E-state index is 13.0. The number of rotatable bonds is 4. The maximum Gasteiger partial charge on any atom is 0.335 e. The highest BCUT2D eigenvalue weighted by Crippen LogP contribution is 2.28. The van der Waals surface area contributed by atoms with Gasteiger partial charge in [0.25, 0.3) is 11.8 Å². The second-order valence-corrected chi connectivity index (χ2v) is 6.71. The van der Waals surface area contributed by atoms with Crippen LogP contribution in [0.25, 0.3) is 6.08 Å². The number of carbonyl (C=O) groups is 3. The quantitative estimate of drug-likeness (QED) is 0.654. The zero-order chi connectivity index (χ0) is 20.4. The van der Waals surface area contributed by atoms with Gasteiger partial charge in [-0.1, -0.05) is 18.2 Å². The minimum absolute atomic E-state index is 0.00850. The number of anilines is 2. The van der Waals surface area contributed by atoms with E-state index in [1.165, 1.54) is 24.3 Å². The average Bonchev–Trinajstić information content (AvgIpc) is 2.65. The Balaban J connectivity index is 2.01. The molecule has 28 heavy (non-hydrogen) atoms. The zero-order valence-electron chi connectivity index (χ0n) is 15.8. The maximum absolute atomic E-state index is 13.0. The highest BCUT2D eigenvalue weighted by atomic mass is 16.4. The summed E-state index contributed by atoms with van der Waals surface area (Å²) in [5.41, 5.74) is 3.05. The summed E-state index contributed by atoms with van der Waals surface area (Å²) < 4.78 is 0. The summed E-state index contributed by atoms with van der Waals surface area (Å²) in [5.74, 6) is -2.10. The molecule has 0 unspecified atom stereocenters. The monoisotopic (exact) mass is 376 g/mol. The van der Waals surface area contributed by atoms with Crippen LogP contribution >= 0.6 is 0 Å². The van der Waals surface area contributed by atoms with E-state index in [4.69, 9.17) is 0 Å². The minimum Gasteiger partial charge on any atom is -0.478 e. The predicted molar refractivity (Wildman–Crippen MR) is 108 cm³/mol. The lowest BCUT2D eigenvalue weighted by atomic mass is 9.98. The molecule has 0 saturated carbocycles. The first-order chi connectivity index (χ1) is 13.3. The molecule has 0 saturated heterocycles. The van der Waals surface area contributed by atoms with E-state index >= 15 is 0 Å². The Morgan fingerprint density at radius 3 is 2.36 bits per heavy atom. The largest absolute Gasteiger partial charge is 0.478 e. The summed E-state index contributed by atoms with van der Waals surface area (Å²) in [7, 11) is 3.89. The molecular formula is C22H20N2O4. The van der Waals surface area contributed by atoms with E-state index in [1.807, 2.05) is 43.3 Å². The summed E-state index contributed by atoms with van der Waals surface area (Å²) >= 11 is 0. The number of imide groups is 1. The molecule has 0 radical (unpaired) electrons. The number of nitrogens with zero attached hydrogens (tertiary/aromatic N) is 2. The van der Waals surface area contributed by atoms with Crippen LogP contribution in [0.3, 0.4) is 0 Å². The fourth-order valence-corrected chi connectivity index (χ4v) is 2.95.